The maximum Gasteiger partial charge on any atom is 0.230 e. The lowest BCUT2D eigenvalue weighted by molar-refractivity contribution is -0.125. The second kappa shape index (κ2) is 6.40. The minimum Gasteiger partial charge on any atom is -0.330 e. The molecule has 0 spiro atoms. The second-order valence-electron chi connectivity index (χ2n) is 7.06. The molecule has 0 saturated heterocycles. The summed E-state index contributed by atoms with van der Waals surface area (Å²) in [6.07, 6.45) is 2.89. The minimum atomic E-state index is 0.167. The van der Waals surface area contributed by atoms with Crippen LogP contribution in [0.2, 0.25) is 0 Å². The zero-order valence-electron chi connectivity index (χ0n) is 13.9. The SMILES string of the molecule is NCCC1CN(C(=O)C2CC(c3ccccc3)C2)c2ccccc21. The molecular weight excluding hydrogens is 296 g/mol. The molecular formula is C21H24N2O. The Morgan fingerprint density at radius 2 is 1.75 bits per heavy atom. The second-order valence-corrected chi connectivity index (χ2v) is 7.06. The molecule has 1 amide bonds. The summed E-state index contributed by atoms with van der Waals surface area (Å²) in [5.41, 5.74) is 9.52. The standard InChI is InChI=1S/C21H24N2O/c22-11-10-16-14-23(20-9-5-4-8-19(16)20)21(24)18-12-17(13-18)15-6-2-1-3-7-15/h1-9,16-18H,10-14,22H2. The van der Waals surface area contributed by atoms with Gasteiger partial charge in [-0.3, -0.25) is 4.79 Å². The monoisotopic (exact) mass is 320 g/mol. The Kier molecular flexibility index (Phi) is 4.11. The van der Waals surface area contributed by atoms with Crippen molar-refractivity contribution in [3.05, 3.63) is 65.7 Å². The Balaban J connectivity index is 1.46. The molecule has 4 rings (SSSR count). The van der Waals surface area contributed by atoms with Crippen LogP contribution in [-0.2, 0) is 4.79 Å². The van der Waals surface area contributed by atoms with Crippen molar-refractivity contribution in [3.8, 4) is 0 Å². The highest BCUT2D eigenvalue weighted by molar-refractivity contribution is 5.98. The number of anilines is 1. The predicted molar refractivity (Wildman–Crippen MR) is 97.1 cm³/mol. The lowest BCUT2D eigenvalue weighted by atomic mass is 9.71. The van der Waals surface area contributed by atoms with Crippen molar-refractivity contribution in [2.45, 2.75) is 31.1 Å². The van der Waals surface area contributed by atoms with Gasteiger partial charge in [-0.2, -0.15) is 0 Å². The van der Waals surface area contributed by atoms with Gasteiger partial charge in [0.15, 0.2) is 0 Å². The molecule has 2 aliphatic rings. The number of para-hydroxylation sites is 1. The summed E-state index contributed by atoms with van der Waals surface area (Å²) in [6.45, 7) is 1.46. The smallest absolute Gasteiger partial charge is 0.230 e. The van der Waals surface area contributed by atoms with Gasteiger partial charge >= 0.3 is 0 Å². The van der Waals surface area contributed by atoms with E-state index in [1.807, 2.05) is 17.0 Å². The van der Waals surface area contributed by atoms with Crippen LogP contribution < -0.4 is 10.6 Å². The van der Waals surface area contributed by atoms with Crippen molar-refractivity contribution >= 4 is 11.6 Å². The third kappa shape index (κ3) is 2.63. The summed E-state index contributed by atoms with van der Waals surface area (Å²) in [5, 5.41) is 0. The summed E-state index contributed by atoms with van der Waals surface area (Å²) < 4.78 is 0. The van der Waals surface area contributed by atoms with Crippen molar-refractivity contribution < 1.29 is 4.79 Å². The summed E-state index contributed by atoms with van der Waals surface area (Å²) in [4.78, 5) is 15.0. The average molecular weight is 320 g/mol. The molecule has 124 valence electrons. The van der Waals surface area contributed by atoms with Gasteiger partial charge in [0.05, 0.1) is 0 Å². The molecule has 2 N–H and O–H groups in total. The van der Waals surface area contributed by atoms with Crippen molar-refractivity contribution in [1.82, 2.24) is 0 Å². The molecule has 24 heavy (non-hydrogen) atoms. The quantitative estimate of drug-likeness (QED) is 0.934. The van der Waals surface area contributed by atoms with Gasteiger partial charge in [0, 0.05) is 24.1 Å². The van der Waals surface area contributed by atoms with Crippen LogP contribution in [0.3, 0.4) is 0 Å². The van der Waals surface area contributed by atoms with Gasteiger partial charge in [-0.1, -0.05) is 48.5 Å². The van der Waals surface area contributed by atoms with E-state index < -0.39 is 0 Å². The van der Waals surface area contributed by atoms with Crippen molar-refractivity contribution in [1.29, 1.82) is 0 Å². The number of carbonyl (C=O) groups is 1. The number of nitrogens with zero attached hydrogens (tertiary/aromatic N) is 1. The zero-order valence-corrected chi connectivity index (χ0v) is 13.9. The van der Waals surface area contributed by atoms with Gasteiger partial charge in [0.1, 0.15) is 0 Å². The molecule has 1 aliphatic heterocycles. The first-order chi connectivity index (χ1) is 11.8. The van der Waals surface area contributed by atoms with Gasteiger partial charge in [-0.05, 0) is 48.9 Å². The van der Waals surface area contributed by atoms with E-state index in [9.17, 15) is 4.79 Å². The van der Waals surface area contributed by atoms with Crippen LogP contribution in [-0.4, -0.2) is 19.0 Å². The maximum absolute atomic E-state index is 13.0. The number of fused-ring (bicyclic) bond motifs is 1. The summed E-state index contributed by atoms with van der Waals surface area (Å²) in [6, 6.07) is 18.9. The third-order valence-electron chi connectivity index (χ3n) is 5.61. The molecule has 1 fully saturated rings. The van der Waals surface area contributed by atoms with Crippen LogP contribution in [0.4, 0.5) is 5.69 Å². The zero-order chi connectivity index (χ0) is 16.5. The molecule has 2 aromatic carbocycles. The number of rotatable bonds is 4. The van der Waals surface area contributed by atoms with E-state index in [2.05, 4.69) is 42.5 Å². The first-order valence-corrected chi connectivity index (χ1v) is 8.93. The van der Waals surface area contributed by atoms with Gasteiger partial charge in [-0.15, -0.1) is 0 Å². The highest BCUT2D eigenvalue weighted by atomic mass is 16.2. The molecule has 1 saturated carbocycles. The summed E-state index contributed by atoms with van der Waals surface area (Å²) in [7, 11) is 0. The molecule has 0 aromatic heterocycles. The van der Waals surface area contributed by atoms with Crippen LogP contribution in [0.5, 0.6) is 0 Å². The summed E-state index contributed by atoms with van der Waals surface area (Å²) >= 11 is 0. The van der Waals surface area contributed by atoms with Gasteiger partial charge < -0.3 is 10.6 Å². The number of nitrogens with two attached hydrogens (primary N) is 1. The number of carbonyl (C=O) groups excluding carboxylic acids is 1. The fourth-order valence-corrected chi connectivity index (χ4v) is 4.19. The number of benzene rings is 2. The van der Waals surface area contributed by atoms with Crippen LogP contribution in [0.25, 0.3) is 0 Å². The fraction of sp³-hybridized carbons (Fsp3) is 0.381. The Hall–Kier alpha value is -2.13. The first kappa shape index (κ1) is 15.4. The summed E-state index contributed by atoms with van der Waals surface area (Å²) in [5.74, 6) is 1.40. The van der Waals surface area contributed by atoms with E-state index in [0.29, 0.717) is 24.3 Å². The predicted octanol–water partition coefficient (Wildman–Crippen LogP) is 3.66. The molecule has 2 aromatic rings. The van der Waals surface area contributed by atoms with Crippen LogP contribution in [0.15, 0.2) is 54.6 Å². The number of amides is 1. The first-order valence-electron chi connectivity index (χ1n) is 8.93. The van der Waals surface area contributed by atoms with E-state index >= 15 is 0 Å². The number of hydrogen-bond acceptors (Lipinski definition) is 2. The molecule has 3 nitrogen and oxygen atoms in total. The molecule has 0 bridgehead atoms. The van der Waals surface area contributed by atoms with E-state index in [1.54, 1.807) is 0 Å². The lowest BCUT2D eigenvalue weighted by Gasteiger charge is -2.37. The van der Waals surface area contributed by atoms with Crippen molar-refractivity contribution in [2.75, 3.05) is 18.0 Å². The van der Waals surface area contributed by atoms with E-state index in [4.69, 9.17) is 5.73 Å². The molecule has 1 aliphatic carbocycles. The molecule has 1 heterocycles. The molecule has 1 atom stereocenters. The minimum absolute atomic E-state index is 0.167. The normalized spacial score (nSPS) is 25.2. The van der Waals surface area contributed by atoms with Gasteiger partial charge in [-0.25, -0.2) is 0 Å². The van der Waals surface area contributed by atoms with Crippen LogP contribution in [0, 0.1) is 5.92 Å². The lowest BCUT2D eigenvalue weighted by Crippen LogP contribution is -2.41. The fourth-order valence-electron chi connectivity index (χ4n) is 4.19. The van der Waals surface area contributed by atoms with E-state index in [0.717, 1.165) is 31.5 Å². The Morgan fingerprint density at radius 1 is 1.04 bits per heavy atom. The topological polar surface area (TPSA) is 46.3 Å². The van der Waals surface area contributed by atoms with Crippen molar-refractivity contribution in [2.24, 2.45) is 11.7 Å². The Morgan fingerprint density at radius 3 is 2.50 bits per heavy atom. The van der Waals surface area contributed by atoms with Crippen LogP contribution in [0.1, 0.15) is 42.2 Å². The Labute approximate surface area is 143 Å². The highest BCUT2D eigenvalue weighted by Gasteiger charge is 2.41. The largest absolute Gasteiger partial charge is 0.330 e. The van der Waals surface area contributed by atoms with Gasteiger partial charge in [0.2, 0.25) is 5.91 Å². The molecule has 3 heteroatoms. The molecule has 1 unspecified atom stereocenters. The van der Waals surface area contributed by atoms with Crippen LogP contribution >= 0.6 is 0 Å². The molecule has 0 radical (unpaired) electrons. The Bertz CT molecular complexity index is 722. The highest BCUT2D eigenvalue weighted by Crippen LogP contribution is 2.45. The maximum atomic E-state index is 13.0. The van der Waals surface area contributed by atoms with Crippen molar-refractivity contribution in [3.63, 3.8) is 0 Å². The number of hydrogen-bond donors (Lipinski definition) is 1. The van der Waals surface area contributed by atoms with E-state index in [1.165, 1.54) is 11.1 Å². The van der Waals surface area contributed by atoms with Gasteiger partial charge in [0.25, 0.3) is 0 Å². The average Bonchev–Trinajstić information content (AvgIpc) is 2.94. The third-order valence-corrected chi connectivity index (χ3v) is 5.61. The van der Waals surface area contributed by atoms with E-state index in [-0.39, 0.29) is 5.92 Å².